The van der Waals surface area contributed by atoms with Crippen molar-refractivity contribution in [2.75, 3.05) is 12.4 Å². The van der Waals surface area contributed by atoms with Crippen LogP contribution in [0.3, 0.4) is 0 Å². The highest BCUT2D eigenvalue weighted by molar-refractivity contribution is 7.21. The van der Waals surface area contributed by atoms with Gasteiger partial charge >= 0.3 is 0 Å². The molecule has 0 unspecified atom stereocenters. The number of anilines is 1. The number of aromatic nitrogens is 1. The molecule has 0 amide bonds. The first-order valence-electron chi connectivity index (χ1n) is 11.8. The second-order valence-electron chi connectivity index (χ2n) is 8.73. The Morgan fingerprint density at radius 2 is 1.69 bits per heavy atom. The molecule has 36 heavy (non-hydrogen) atoms. The maximum absolute atomic E-state index is 6.61. The Morgan fingerprint density at radius 1 is 0.889 bits per heavy atom. The van der Waals surface area contributed by atoms with Crippen LogP contribution in [0.5, 0.6) is 11.5 Å². The van der Waals surface area contributed by atoms with Crippen LogP contribution in [0.1, 0.15) is 22.3 Å². The largest absolute Gasteiger partial charge is 0.493 e. The molecule has 0 saturated carbocycles. The van der Waals surface area contributed by atoms with Crippen molar-refractivity contribution in [1.82, 2.24) is 4.98 Å². The number of thiazole rings is 1. The lowest BCUT2D eigenvalue weighted by Crippen LogP contribution is -2.03. The summed E-state index contributed by atoms with van der Waals surface area (Å²) in [5, 5.41) is 5.11. The summed E-state index contributed by atoms with van der Waals surface area (Å²) < 4.78 is 12.8. The predicted octanol–water partition coefficient (Wildman–Crippen LogP) is 8.43. The van der Waals surface area contributed by atoms with E-state index in [9.17, 15) is 0 Å². The number of halogens is 1. The Balaban J connectivity index is 1.26. The average Bonchev–Trinajstić information content (AvgIpc) is 3.31. The molecule has 5 aromatic rings. The van der Waals surface area contributed by atoms with Gasteiger partial charge in [-0.15, -0.1) is 11.3 Å². The molecule has 0 spiro atoms. The quantitative estimate of drug-likeness (QED) is 0.225. The van der Waals surface area contributed by atoms with Gasteiger partial charge in [-0.2, -0.15) is 0 Å². The molecule has 0 saturated heterocycles. The van der Waals surface area contributed by atoms with Gasteiger partial charge in [0.2, 0.25) is 0 Å². The number of benzene rings is 4. The van der Waals surface area contributed by atoms with Crippen molar-refractivity contribution in [2.24, 2.45) is 0 Å². The predicted molar refractivity (Wildman–Crippen MR) is 151 cm³/mol. The minimum Gasteiger partial charge on any atom is -0.493 e. The van der Waals surface area contributed by atoms with E-state index in [0.717, 1.165) is 32.9 Å². The van der Waals surface area contributed by atoms with E-state index < -0.39 is 0 Å². The van der Waals surface area contributed by atoms with Crippen LogP contribution in [0, 0.1) is 13.8 Å². The van der Waals surface area contributed by atoms with Crippen LogP contribution in [0.4, 0.5) is 5.69 Å². The van der Waals surface area contributed by atoms with Gasteiger partial charge < -0.3 is 14.8 Å². The van der Waals surface area contributed by atoms with E-state index in [1.54, 1.807) is 18.4 Å². The van der Waals surface area contributed by atoms with Gasteiger partial charge in [0.15, 0.2) is 11.5 Å². The van der Waals surface area contributed by atoms with Gasteiger partial charge in [0.05, 0.1) is 17.3 Å². The number of methoxy groups -OCH3 is 1. The standard InChI is InChI=1S/C30H27ClN2O2S/c1-19-8-13-26-29(14-19)36-30(33-26)21-9-11-24(12-10-21)32-17-23-15-27(34-3)28(16-25(23)31)35-18-22-7-5-4-6-20(22)2/h4-16,32H,17-18H2,1-3H3. The minimum absolute atomic E-state index is 0.456. The smallest absolute Gasteiger partial charge is 0.163 e. The van der Waals surface area contributed by atoms with Crippen molar-refractivity contribution in [3.8, 4) is 22.1 Å². The Morgan fingerprint density at radius 3 is 2.47 bits per heavy atom. The summed E-state index contributed by atoms with van der Waals surface area (Å²) in [4.78, 5) is 4.78. The Labute approximate surface area is 220 Å². The summed E-state index contributed by atoms with van der Waals surface area (Å²) in [6, 6.07) is 26.6. The molecule has 4 nitrogen and oxygen atoms in total. The molecular formula is C30H27ClN2O2S. The molecule has 0 fully saturated rings. The Hall–Kier alpha value is -3.54. The van der Waals surface area contributed by atoms with Crippen LogP contribution in [0.2, 0.25) is 5.02 Å². The molecule has 0 bridgehead atoms. The molecule has 182 valence electrons. The lowest BCUT2D eigenvalue weighted by molar-refractivity contribution is 0.284. The number of aryl methyl sites for hydroxylation is 2. The summed E-state index contributed by atoms with van der Waals surface area (Å²) in [7, 11) is 1.64. The van der Waals surface area contributed by atoms with Crippen molar-refractivity contribution in [2.45, 2.75) is 27.0 Å². The number of hydrogen-bond donors (Lipinski definition) is 1. The van der Waals surface area contributed by atoms with Crippen LogP contribution in [0.15, 0.2) is 78.9 Å². The molecule has 4 aromatic carbocycles. The van der Waals surface area contributed by atoms with E-state index in [4.69, 9.17) is 26.1 Å². The van der Waals surface area contributed by atoms with Crippen LogP contribution < -0.4 is 14.8 Å². The average molecular weight is 515 g/mol. The normalized spacial score (nSPS) is 11.0. The lowest BCUT2D eigenvalue weighted by Gasteiger charge is -2.15. The third-order valence-electron chi connectivity index (χ3n) is 6.14. The molecule has 0 radical (unpaired) electrons. The van der Waals surface area contributed by atoms with Crippen LogP contribution in [0.25, 0.3) is 20.8 Å². The van der Waals surface area contributed by atoms with E-state index >= 15 is 0 Å². The van der Waals surface area contributed by atoms with Crippen molar-refractivity contribution >= 4 is 38.8 Å². The summed E-state index contributed by atoms with van der Waals surface area (Å²) in [5.41, 5.74) is 7.65. The summed E-state index contributed by atoms with van der Waals surface area (Å²) in [5.74, 6) is 1.29. The number of fused-ring (bicyclic) bond motifs is 1. The Bertz CT molecular complexity index is 1510. The molecule has 0 aliphatic rings. The lowest BCUT2D eigenvalue weighted by atomic mass is 10.1. The second kappa shape index (κ2) is 10.6. The van der Waals surface area contributed by atoms with Crippen molar-refractivity contribution < 1.29 is 9.47 Å². The van der Waals surface area contributed by atoms with Gasteiger partial charge in [-0.25, -0.2) is 4.98 Å². The zero-order valence-corrected chi connectivity index (χ0v) is 22.0. The summed E-state index contributed by atoms with van der Waals surface area (Å²) in [6.07, 6.45) is 0. The van der Waals surface area contributed by atoms with E-state index in [1.807, 2.05) is 24.3 Å². The highest BCUT2D eigenvalue weighted by Gasteiger charge is 2.12. The first-order chi connectivity index (χ1) is 17.5. The third kappa shape index (κ3) is 5.32. The van der Waals surface area contributed by atoms with Gasteiger partial charge in [-0.1, -0.05) is 41.9 Å². The molecule has 1 aromatic heterocycles. The number of nitrogens with zero attached hydrogens (tertiary/aromatic N) is 1. The van der Waals surface area contributed by atoms with E-state index in [0.29, 0.717) is 29.7 Å². The zero-order valence-electron chi connectivity index (χ0n) is 20.5. The minimum atomic E-state index is 0.456. The number of hydrogen-bond acceptors (Lipinski definition) is 5. The molecule has 0 atom stereocenters. The monoisotopic (exact) mass is 514 g/mol. The maximum atomic E-state index is 6.61. The van der Waals surface area contributed by atoms with Crippen LogP contribution in [-0.4, -0.2) is 12.1 Å². The van der Waals surface area contributed by atoms with Gasteiger partial charge in [0, 0.05) is 28.9 Å². The molecule has 1 N–H and O–H groups in total. The highest BCUT2D eigenvalue weighted by atomic mass is 35.5. The summed E-state index contributed by atoms with van der Waals surface area (Å²) >= 11 is 8.33. The van der Waals surface area contributed by atoms with Gasteiger partial charge in [-0.3, -0.25) is 0 Å². The third-order valence-corrected chi connectivity index (χ3v) is 7.55. The number of nitrogens with one attached hydrogen (secondary N) is 1. The van der Waals surface area contributed by atoms with Gasteiger partial charge in [-0.05, 0) is 78.6 Å². The topological polar surface area (TPSA) is 43.4 Å². The van der Waals surface area contributed by atoms with Crippen LogP contribution >= 0.6 is 22.9 Å². The fourth-order valence-electron chi connectivity index (χ4n) is 4.00. The molecule has 0 aliphatic carbocycles. The van der Waals surface area contributed by atoms with Crippen molar-refractivity contribution in [1.29, 1.82) is 0 Å². The SMILES string of the molecule is COc1cc(CNc2ccc(-c3nc4ccc(C)cc4s3)cc2)c(Cl)cc1OCc1ccccc1C. The number of rotatable bonds is 8. The number of ether oxygens (including phenoxy) is 2. The van der Waals surface area contributed by atoms with Crippen LogP contribution in [-0.2, 0) is 13.2 Å². The molecule has 0 aliphatic heterocycles. The highest BCUT2D eigenvalue weighted by Crippen LogP contribution is 2.35. The fraction of sp³-hybridized carbons (Fsp3) is 0.167. The van der Waals surface area contributed by atoms with Crippen molar-refractivity contribution in [3.63, 3.8) is 0 Å². The zero-order chi connectivity index (χ0) is 25.1. The van der Waals surface area contributed by atoms with Gasteiger partial charge in [0.1, 0.15) is 11.6 Å². The summed E-state index contributed by atoms with van der Waals surface area (Å²) in [6.45, 7) is 5.20. The van der Waals surface area contributed by atoms with E-state index in [-0.39, 0.29) is 0 Å². The van der Waals surface area contributed by atoms with Crippen molar-refractivity contribution in [3.05, 3.63) is 106 Å². The Kier molecular flexibility index (Phi) is 7.12. The second-order valence-corrected chi connectivity index (χ2v) is 10.2. The fourth-order valence-corrected chi connectivity index (χ4v) is 5.29. The van der Waals surface area contributed by atoms with E-state index in [2.05, 4.69) is 73.8 Å². The molecule has 1 heterocycles. The molecular weight excluding hydrogens is 488 g/mol. The first kappa shape index (κ1) is 24.2. The van der Waals surface area contributed by atoms with Gasteiger partial charge in [0.25, 0.3) is 0 Å². The van der Waals surface area contributed by atoms with E-state index in [1.165, 1.54) is 15.8 Å². The molecule has 6 heteroatoms. The molecule has 5 rings (SSSR count). The first-order valence-corrected chi connectivity index (χ1v) is 12.9. The maximum Gasteiger partial charge on any atom is 0.163 e.